The van der Waals surface area contributed by atoms with E-state index >= 15 is 0 Å². The van der Waals surface area contributed by atoms with Gasteiger partial charge in [0, 0.05) is 10.8 Å². The molecule has 0 N–H and O–H groups in total. The summed E-state index contributed by atoms with van der Waals surface area (Å²) in [6.45, 7) is 0. The van der Waals surface area contributed by atoms with Crippen LogP contribution in [0.15, 0.2) is 36.4 Å². The van der Waals surface area contributed by atoms with Gasteiger partial charge in [-0.1, -0.05) is 32.0 Å². The third-order valence-corrected chi connectivity index (χ3v) is 2.98. The lowest BCUT2D eigenvalue weighted by molar-refractivity contribution is 0.436. The molecule has 0 bridgehead atoms. The van der Waals surface area contributed by atoms with Crippen LogP contribution in [0.3, 0.4) is 0 Å². The number of hydrogen-bond donors (Lipinski definition) is 0. The molecule has 108 valence electrons. The van der Waals surface area contributed by atoms with Crippen LogP contribution in [0.4, 0.5) is 7.77 Å². The Balaban J connectivity index is 2.64. The molecule has 2 rings (SSSR count). The maximum Gasteiger partial charge on any atom is 0.488 e. The molecule has 0 aromatic heterocycles. The van der Waals surface area contributed by atoms with E-state index in [-0.39, 0.29) is 22.3 Å². The van der Waals surface area contributed by atoms with Gasteiger partial charge in [-0.2, -0.15) is 16.8 Å². The van der Waals surface area contributed by atoms with Crippen molar-refractivity contribution in [2.24, 2.45) is 0 Å². The molecular weight excluding hydrogens is 318 g/mol. The molecule has 0 amide bonds. The molecule has 0 atom stereocenters. The molecule has 6 nitrogen and oxygen atoms in total. The largest absolute Gasteiger partial charge is 0.488 e. The van der Waals surface area contributed by atoms with Gasteiger partial charge in [0.25, 0.3) is 0 Å². The quantitative estimate of drug-likeness (QED) is 0.800. The molecule has 0 saturated carbocycles. The smallest absolute Gasteiger partial charge is 0.358 e. The highest BCUT2D eigenvalue weighted by Crippen LogP contribution is 2.34. The molecular formula is C10H6F2O6S2. The summed E-state index contributed by atoms with van der Waals surface area (Å²) in [5.41, 5.74) is 0. The molecule has 0 spiro atoms. The summed E-state index contributed by atoms with van der Waals surface area (Å²) >= 11 is 0. The first-order valence-electron chi connectivity index (χ1n) is 4.95. The summed E-state index contributed by atoms with van der Waals surface area (Å²) < 4.78 is 75.2. The highest BCUT2D eigenvalue weighted by atomic mass is 32.3. The Labute approximate surface area is 113 Å². The Morgan fingerprint density at radius 1 is 0.700 bits per heavy atom. The van der Waals surface area contributed by atoms with Crippen LogP contribution in [0.5, 0.6) is 11.5 Å². The fourth-order valence-electron chi connectivity index (χ4n) is 1.60. The van der Waals surface area contributed by atoms with Gasteiger partial charge in [0.2, 0.25) is 0 Å². The average molecular weight is 324 g/mol. The maximum absolute atomic E-state index is 12.5. The normalized spacial score (nSPS) is 12.3. The lowest BCUT2D eigenvalue weighted by atomic mass is 10.1. The van der Waals surface area contributed by atoms with Crippen LogP contribution in [-0.4, -0.2) is 16.8 Å². The lowest BCUT2D eigenvalue weighted by Gasteiger charge is -2.08. The van der Waals surface area contributed by atoms with E-state index in [0.717, 1.165) is 12.1 Å². The zero-order valence-corrected chi connectivity index (χ0v) is 11.1. The molecule has 0 aliphatic heterocycles. The van der Waals surface area contributed by atoms with Gasteiger partial charge < -0.3 is 8.37 Å². The zero-order valence-electron chi connectivity index (χ0n) is 9.49. The minimum absolute atomic E-state index is 0.0369. The van der Waals surface area contributed by atoms with E-state index < -0.39 is 21.0 Å². The van der Waals surface area contributed by atoms with Gasteiger partial charge in [0.05, 0.1) is 0 Å². The monoisotopic (exact) mass is 324 g/mol. The van der Waals surface area contributed by atoms with Crippen molar-refractivity contribution in [2.75, 3.05) is 0 Å². The molecule has 2 aromatic carbocycles. The van der Waals surface area contributed by atoms with E-state index in [4.69, 9.17) is 0 Å². The molecule has 0 saturated heterocycles. The first kappa shape index (κ1) is 14.5. The van der Waals surface area contributed by atoms with Gasteiger partial charge in [0.15, 0.2) is 11.5 Å². The third-order valence-electron chi connectivity index (χ3n) is 2.22. The van der Waals surface area contributed by atoms with Crippen molar-refractivity contribution >= 4 is 31.8 Å². The Morgan fingerprint density at radius 3 is 1.35 bits per heavy atom. The van der Waals surface area contributed by atoms with Crippen molar-refractivity contribution in [1.29, 1.82) is 0 Å². The zero-order chi connectivity index (χ0) is 15.0. The van der Waals surface area contributed by atoms with E-state index in [9.17, 15) is 24.6 Å². The first-order chi connectivity index (χ1) is 9.16. The summed E-state index contributed by atoms with van der Waals surface area (Å²) in [6.07, 6.45) is 0. The standard InChI is InChI=1S/C10H6F2O6S2/c11-19(13,14)17-9-5-6-10(18-20(12,15)16)8-4-2-1-3-7(8)9/h1-6H. The Kier molecular flexibility index (Phi) is 3.52. The number of rotatable bonds is 4. The van der Waals surface area contributed by atoms with E-state index in [2.05, 4.69) is 8.37 Å². The number of benzene rings is 2. The van der Waals surface area contributed by atoms with Crippen molar-refractivity contribution in [2.45, 2.75) is 0 Å². The van der Waals surface area contributed by atoms with Gasteiger partial charge >= 0.3 is 21.0 Å². The highest BCUT2D eigenvalue weighted by Gasteiger charge is 2.17. The topological polar surface area (TPSA) is 86.7 Å². The summed E-state index contributed by atoms with van der Waals surface area (Å²) in [4.78, 5) is 0. The summed E-state index contributed by atoms with van der Waals surface area (Å²) in [7, 11) is -10.5. The number of fused-ring (bicyclic) bond motifs is 1. The van der Waals surface area contributed by atoms with Crippen molar-refractivity contribution < 1.29 is 33.0 Å². The Morgan fingerprint density at radius 2 is 1.05 bits per heavy atom. The molecule has 0 unspecified atom stereocenters. The van der Waals surface area contributed by atoms with Crippen molar-refractivity contribution in [1.82, 2.24) is 0 Å². The van der Waals surface area contributed by atoms with Gasteiger partial charge in [-0.15, -0.1) is 0 Å². The summed E-state index contributed by atoms with van der Waals surface area (Å²) in [6, 6.07) is 7.47. The minimum atomic E-state index is -5.25. The van der Waals surface area contributed by atoms with Gasteiger partial charge in [-0.25, -0.2) is 0 Å². The van der Waals surface area contributed by atoms with Crippen molar-refractivity contribution in [3.63, 3.8) is 0 Å². The second kappa shape index (κ2) is 4.87. The highest BCUT2D eigenvalue weighted by molar-refractivity contribution is 7.82. The van der Waals surface area contributed by atoms with Crippen LogP contribution in [0.1, 0.15) is 0 Å². The Bertz CT molecular complexity index is 788. The van der Waals surface area contributed by atoms with Gasteiger partial charge in [0.1, 0.15) is 0 Å². The van der Waals surface area contributed by atoms with E-state index in [1.54, 1.807) is 0 Å². The van der Waals surface area contributed by atoms with Crippen LogP contribution in [-0.2, 0) is 21.0 Å². The fraction of sp³-hybridized carbons (Fsp3) is 0. The minimum Gasteiger partial charge on any atom is -0.358 e. The predicted molar refractivity (Wildman–Crippen MR) is 65.3 cm³/mol. The van der Waals surface area contributed by atoms with Crippen LogP contribution in [0.2, 0.25) is 0 Å². The summed E-state index contributed by atoms with van der Waals surface area (Å²) in [5.74, 6) is -0.765. The molecule has 0 radical (unpaired) electrons. The molecule has 2 aromatic rings. The van der Waals surface area contributed by atoms with E-state index in [1.807, 2.05) is 0 Å². The molecule has 10 heteroatoms. The molecule has 0 aliphatic rings. The molecule has 0 aliphatic carbocycles. The van der Waals surface area contributed by atoms with E-state index in [1.165, 1.54) is 24.3 Å². The van der Waals surface area contributed by atoms with Gasteiger partial charge in [-0.05, 0) is 12.1 Å². The van der Waals surface area contributed by atoms with Crippen LogP contribution in [0, 0.1) is 0 Å². The average Bonchev–Trinajstić information content (AvgIpc) is 2.29. The van der Waals surface area contributed by atoms with Crippen LogP contribution in [0.25, 0.3) is 10.8 Å². The molecule has 0 heterocycles. The summed E-state index contributed by atoms with van der Waals surface area (Å²) in [5, 5.41) is 0.0738. The second-order valence-corrected chi connectivity index (χ2v) is 5.47. The SMILES string of the molecule is O=S(=O)(F)Oc1ccc(OS(=O)(=O)F)c2ccccc12. The predicted octanol–water partition coefficient (Wildman–Crippen LogP) is 2.03. The third kappa shape index (κ3) is 3.54. The Hall–Kier alpha value is -1.94. The van der Waals surface area contributed by atoms with Gasteiger partial charge in [-0.3, -0.25) is 0 Å². The van der Waals surface area contributed by atoms with Crippen LogP contribution >= 0.6 is 0 Å². The lowest BCUT2D eigenvalue weighted by Crippen LogP contribution is -2.04. The van der Waals surface area contributed by atoms with Crippen LogP contribution < -0.4 is 8.37 Å². The second-order valence-electron chi connectivity index (χ2n) is 3.56. The fourth-order valence-corrected chi connectivity index (χ4v) is 2.32. The van der Waals surface area contributed by atoms with E-state index in [0.29, 0.717) is 0 Å². The molecule has 0 fully saturated rings. The number of hydrogen-bond acceptors (Lipinski definition) is 6. The van der Waals surface area contributed by atoms with Crippen molar-refractivity contribution in [3.05, 3.63) is 36.4 Å². The molecule has 20 heavy (non-hydrogen) atoms. The number of halogens is 2. The van der Waals surface area contributed by atoms with Crippen molar-refractivity contribution in [3.8, 4) is 11.5 Å². The first-order valence-corrected chi connectivity index (χ1v) is 7.57. The maximum atomic E-state index is 12.5.